The largest absolute Gasteiger partial charge is 0.354 e. The topological polar surface area (TPSA) is 66.5 Å². The van der Waals surface area contributed by atoms with Gasteiger partial charge in [0.05, 0.1) is 10.6 Å². The zero-order valence-corrected chi connectivity index (χ0v) is 21.1. The van der Waals surface area contributed by atoms with Crippen LogP contribution in [-0.2, 0) is 21.2 Å². The van der Waals surface area contributed by atoms with Gasteiger partial charge >= 0.3 is 0 Å². The van der Waals surface area contributed by atoms with Crippen molar-refractivity contribution in [2.45, 2.75) is 25.2 Å². The summed E-state index contributed by atoms with van der Waals surface area (Å²) in [4.78, 5) is 12.9. The third-order valence-electron chi connectivity index (χ3n) is 6.11. The minimum atomic E-state index is -4.17. The number of hydrogen-bond donors (Lipinski definition) is 1. The average Bonchev–Trinajstić information content (AvgIpc) is 2.87. The van der Waals surface area contributed by atoms with Gasteiger partial charge in [-0.05, 0) is 59.9 Å². The highest BCUT2D eigenvalue weighted by atomic mass is 32.2. The standard InChI is InChI=1S/C29H29FN2O3S/c1-21-14-16-25(17-15-21)36(34,35)32(28-13-6-5-12-27(28)30)20-29(33)31-19-22(2)18-24-10-7-9-23-8-3-4-11-26(23)24/h3-17,22H,18-20H2,1-2H3,(H,31,33). The maximum Gasteiger partial charge on any atom is 0.264 e. The molecule has 4 aromatic rings. The molecular formula is C29H29FN2O3S. The number of hydrogen-bond acceptors (Lipinski definition) is 3. The lowest BCUT2D eigenvalue weighted by Crippen LogP contribution is -2.42. The van der Waals surface area contributed by atoms with Crippen LogP contribution in [0.4, 0.5) is 10.1 Å². The molecule has 0 fully saturated rings. The van der Waals surface area contributed by atoms with E-state index in [1.165, 1.54) is 41.3 Å². The summed E-state index contributed by atoms with van der Waals surface area (Å²) in [6, 6.07) is 26.1. The number of para-hydroxylation sites is 1. The van der Waals surface area contributed by atoms with Crippen LogP contribution >= 0.6 is 0 Å². The third kappa shape index (κ3) is 5.74. The van der Waals surface area contributed by atoms with Crippen LogP contribution < -0.4 is 9.62 Å². The Morgan fingerprint density at radius 3 is 2.33 bits per heavy atom. The average molecular weight is 505 g/mol. The molecule has 0 aliphatic heterocycles. The molecule has 1 N–H and O–H groups in total. The summed E-state index contributed by atoms with van der Waals surface area (Å²) in [6.45, 7) is 3.70. The lowest BCUT2D eigenvalue weighted by atomic mass is 9.96. The molecule has 0 saturated carbocycles. The van der Waals surface area contributed by atoms with Crippen LogP contribution in [-0.4, -0.2) is 27.4 Å². The van der Waals surface area contributed by atoms with E-state index in [4.69, 9.17) is 0 Å². The summed E-state index contributed by atoms with van der Waals surface area (Å²) in [6.07, 6.45) is 0.750. The molecule has 186 valence electrons. The van der Waals surface area contributed by atoms with Crippen LogP contribution in [0.5, 0.6) is 0 Å². The number of carbonyl (C=O) groups is 1. The van der Waals surface area contributed by atoms with Gasteiger partial charge in [-0.1, -0.05) is 79.2 Å². The van der Waals surface area contributed by atoms with Crippen molar-refractivity contribution >= 4 is 32.4 Å². The van der Waals surface area contributed by atoms with Gasteiger partial charge in [-0.25, -0.2) is 12.8 Å². The fourth-order valence-electron chi connectivity index (χ4n) is 4.18. The fraction of sp³-hybridized carbons (Fsp3) is 0.207. The molecule has 0 heterocycles. The molecular weight excluding hydrogens is 475 g/mol. The highest BCUT2D eigenvalue weighted by Crippen LogP contribution is 2.26. The van der Waals surface area contributed by atoms with Crippen molar-refractivity contribution in [1.29, 1.82) is 0 Å². The minimum Gasteiger partial charge on any atom is -0.354 e. The Morgan fingerprint density at radius 1 is 0.917 bits per heavy atom. The Balaban J connectivity index is 1.49. The summed E-state index contributed by atoms with van der Waals surface area (Å²) in [7, 11) is -4.17. The van der Waals surface area contributed by atoms with Crippen LogP contribution in [0, 0.1) is 18.7 Å². The number of anilines is 1. The number of amides is 1. The third-order valence-corrected chi connectivity index (χ3v) is 7.89. The van der Waals surface area contributed by atoms with Crippen LogP contribution in [0.2, 0.25) is 0 Å². The van der Waals surface area contributed by atoms with Crippen molar-refractivity contribution in [3.8, 4) is 0 Å². The van der Waals surface area contributed by atoms with Gasteiger partial charge in [0.15, 0.2) is 0 Å². The number of nitrogens with zero attached hydrogens (tertiary/aromatic N) is 1. The van der Waals surface area contributed by atoms with Gasteiger partial charge < -0.3 is 5.32 Å². The van der Waals surface area contributed by atoms with Crippen molar-refractivity contribution in [1.82, 2.24) is 5.32 Å². The Labute approximate surface area is 211 Å². The molecule has 4 aromatic carbocycles. The zero-order chi connectivity index (χ0) is 25.7. The fourth-order valence-corrected chi connectivity index (χ4v) is 5.61. The second-order valence-electron chi connectivity index (χ2n) is 9.03. The van der Waals surface area contributed by atoms with E-state index in [9.17, 15) is 17.6 Å². The van der Waals surface area contributed by atoms with Crippen molar-refractivity contribution < 1.29 is 17.6 Å². The molecule has 0 spiro atoms. The van der Waals surface area contributed by atoms with Gasteiger partial charge in [0.25, 0.3) is 10.0 Å². The van der Waals surface area contributed by atoms with Gasteiger partial charge in [0.2, 0.25) is 5.91 Å². The van der Waals surface area contributed by atoms with Crippen LogP contribution in [0.1, 0.15) is 18.1 Å². The van der Waals surface area contributed by atoms with E-state index in [1.807, 2.05) is 32.0 Å². The SMILES string of the molecule is Cc1ccc(S(=O)(=O)N(CC(=O)NCC(C)Cc2cccc3ccccc23)c2ccccc2F)cc1. The molecule has 7 heteroatoms. The van der Waals surface area contributed by atoms with Crippen molar-refractivity contribution in [2.75, 3.05) is 17.4 Å². The maximum absolute atomic E-state index is 14.6. The monoisotopic (exact) mass is 504 g/mol. The Hall–Kier alpha value is -3.71. The highest BCUT2D eigenvalue weighted by molar-refractivity contribution is 7.92. The second kappa shape index (κ2) is 10.9. The number of carbonyl (C=O) groups excluding carboxylic acids is 1. The first-order valence-electron chi connectivity index (χ1n) is 11.8. The van der Waals surface area contributed by atoms with Gasteiger partial charge in [0, 0.05) is 6.54 Å². The Bertz CT molecular complexity index is 1460. The van der Waals surface area contributed by atoms with E-state index in [0.717, 1.165) is 21.7 Å². The molecule has 1 unspecified atom stereocenters. The Kier molecular flexibility index (Phi) is 7.70. The first-order valence-corrected chi connectivity index (χ1v) is 13.3. The van der Waals surface area contributed by atoms with Gasteiger partial charge in [0.1, 0.15) is 12.4 Å². The Morgan fingerprint density at radius 2 is 1.58 bits per heavy atom. The number of aryl methyl sites for hydroxylation is 1. The molecule has 0 aliphatic rings. The normalized spacial score (nSPS) is 12.3. The number of fused-ring (bicyclic) bond motifs is 1. The molecule has 0 radical (unpaired) electrons. The molecule has 5 nitrogen and oxygen atoms in total. The summed E-state index contributed by atoms with van der Waals surface area (Å²) >= 11 is 0. The zero-order valence-electron chi connectivity index (χ0n) is 20.3. The van der Waals surface area contributed by atoms with E-state index < -0.39 is 28.3 Å². The summed E-state index contributed by atoms with van der Waals surface area (Å²) in [5.41, 5.74) is 1.91. The maximum atomic E-state index is 14.6. The smallest absolute Gasteiger partial charge is 0.264 e. The summed E-state index contributed by atoms with van der Waals surface area (Å²) < 4.78 is 42.3. The van der Waals surface area contributed by atoms with Crippen molar-refractivity contribution in [3.05, 3.63) is 108 Å². The van der Waals surface area contributed by atoms with Crippen molar-refractivity contribution in [3.63, 3.8) is 0 Å². The quantitative estimate of drug-likeness (QED) is 0.328. The first-order chi connectivity index (χ1) is 17.3. The van der Waals surface area contributed by atoms with Gasteiger partial charge in [-0.3, -0.25) is 9.10 Å². The molecule has 1 atom stereocenters. The molecule has 0 aromatic heterocycles. The molecule has 4 rings (SSSR count). The first kappa shape index (κ1) is 25.4. The molecule has 1 amide bonds. The predicted molar refractivity (Wildman–Crippen MR) is 142 cm³/mol. The van der Waals surface area contributed by atoms with E-state index in [1.54, 1.807) is 18.2 Å². The predicted octanol–water partition coefficient (Wildman–Crippen LogP) is 5.48. The van der Waals surface area contributed by atoms with Crippen LogP contribution in [0.25, 0.3) is 10.8 Å². The van der Waals surface area contributed by atoms with E-state index in [-0.39, 0.29) is 16.5 Å². The van der Waals surface area contributed by atoms with E-state index in [0.29, 0.717) is 6.54 Å². The van der Waals surface area contributed by atoms with Crippen LogP contribution in [0.3, 0.4) is 0 Å². The molecule has 36 heavy (non-hydrogen) atoms. The highest BCUT2D eigenvalue weighted by Gasteiger charge is 2.29. The lowest BCUT2D eigenvalue weighted by molar-refractivity contribution is -0.119. The second-order valence-corrected chi connectivity index (χ2v) is 10.9. The lowest BCUT2D eigenvalue weighted by Gasteiger charge is -2.25. The summed E-state index contributed by atoms with van der Waals surface area (Å²) in [5.74, 6) is -1.11. The number of sulfonamides is 1. The number of benzene rings is 4. The number of halogens is 1. The molecule has 0 aliphatic carbocycles. The van der Waals surface area contributed by atoms with E-state index >= 15 is 0 Å². The van der Waals surface area contributed by atoms with E-state index in [2.05, 4.69) is 29.6 Å². The minimum absolute atomic E-state index is 0.00604. The summed E-state index contributed by atoms with van der Waals surface area (Å²) in [5, 5.41) is 5.17. The van der Waals surface area contributed by atoms with Gasteiger partial charge in [-0.2, -0.15) is 0 Å². The molecule has 0 bridgehead atoms. The molecule has 0 saturated heterocycles. The van der Waals surface area contributed by atoms with Crippen molar-refractivity contribution in [2.24, 2.45) is 5.92 Å². The van der Waals surface area contributed by atoms with Gasteiger partial charge in [-0.15, -0.1) is 0 Å². The van der Waals surface area contributed by atoms with Crippen LogP contribution in [0.15, 0.2) is 95.9 Å². The number of nitrogens with one attached hydrogen (secondary N) is 1. The number of rotatable bonds is 9.